The number of benzene rings is 1. The summed E-state index contributed by atoms with van der Waals surface area (Å²) in [4.78, 5) is 20.8. The van der Waals surface area contributed by atoms with E-state index in [1.165, 1.54) is 0 Å². The van der Waals surface area contributed by atoms with Gasteiger partial charge in [-0.05, 0) is 79.0 Å². The van der Waals surface area contributed by atoms with E-state index in [1.807, 2.05) is 25.1 Å². The van der Waals surface area contributed by atoms with E-state index in [4.69, 9.17) is 11.0 Å². The Bertz CT molecular complexity index is 1230. The van der Waals surface area contributed by atoms with Crippen molar-refractivity contribution < 1.29 is 9.18 Å². The minimum Gasteiger partial charge on any atom is -0.398 e. The second-order valence-electron chi connectivity index (χ2n) is 7.82. The number of allylic oxidation sites excluding steroid dienone is 1. The molecule has 0 unspecified atom stereocenters. The number of nitriles is 1. The lowest BCUT2D eigenvalue weighted by atomic mass is 9.86. The lowest BCUT2D eigenvalue weighted by molar-refractivity contribution is -0.114. The van der Waals surface area contributed by atoms with Gasteiger partial charge in [0.1, 0.15) is 5.82 Å². The molecule has 0 radical (unpaired) electrons. The molecule has 1 aliphatic carbocycles. The van der Waals surface area contributed by atoms with Gasteiger partial charge in [-0.25, -0.2) is 9.37 Å². The van der Waals surface area contributed by atoms with E-state index in [1.54, 1.807) is 24.7 Å². The number of hydrogen-bond donors (Lipinski definition) is 2. The van der Waals surface area contributed by atoms with E-state index >= 15 is 0 Å². The molecule has 31 heavy (non-hydrogen) atoms. The summed E-state index contributed by atoms with van der Waals surface area (Å²) in [6.45, 7) is 2.00. The number of aryl methyl sites for hydroxylation is 1. The van der Waals surface area contributed by atoms with Gasteiger partial charge in [0.25, 0.3) is 5.91 Å². The minimum atomic E-state index is -0.815. The molecule has 4 rings (SSSR count). The summed E-state index contributed by atoms with van der Waals surface area (Å²) in [5.74, 6) is -1.41. The summed E-state index contributed by atoms with van der Waals surface area (Å²) in [5.41, 5.74) is 10.2. The summed E-state index contributed by atoms with van der Waals surface area (Å²) in [7, 11) is 0. The zero-order valence-corrected chi connectivity index (χ0v) is 17.2. The maximum atomic E-state index is 14.6. The standard InChI is InChI=1S/C24H22FN5O/c1-14-6-7-28-12-19(14)17-8-18-10-22(29-13-20(18)21(27)9-17)30-24(31)23(25)16-4-2-15(11-26)3-5-16/h6-10,12-13,15H,2-5,27H2,1H3,(H,29,30,31). The van der Waals surface area contributed by atoms with Gasteiger partial charge in [0, 0.05) is 41.1 Å². The highest BCUT2D eigenvalue weighted by Gasteiger charge is 2.22. The molecule has 7 heteroatoms. The molecule has 2 heterocycles. The number of rotatable bonds is 3. The molecule has 1 aliphatic rings. The van der Waals surface area contributed by atoms with Crippen molar-refractivity contribution in [2.45, 2.75) is 32.6 Å². The van der Waals surface area contributed by atoms with Gasteiger partial charge in [-0.2, -0.15) is 5.26 Å². The number of fused-ring (bicyclic) bond motifs is 1. The lowest BCUT2D eigenvalue weighted by Crippen LogP contribution is -2.16. The van der Waals surface area contributed by atoms with E-state index in [9.17, 15) is 9.18 Å². The highest BCUT2D eigenvalue weighted by atomic mass is 19.1. The normalized spacial score (nSPS) is 16.0. The fraction of sp³-hybridized carbons (Fsp3) is 0.250. The van der Waals surface area contributed by atoms with Crippen LogP contribution >= 0.6 is 0 Å². The predicted molar refractivity (Wildman–Crippen MR) is 118 cm³/mol. The van der Waals surface area contributed by atoms with Crippen molar-refractivity contribution >= 4 is 28.2 Å². The van der Waals surface area contributed by atoms with Crippen LogP contribution < -0.4 is 11.1 Å². The molecular formula is C24H22FN5O. The van der Waals surface area contributed by atoms with Crippen molar-refractivity contribution in [2.24, 2.45) is 5.92 Å². The fourth-order valence-corrected chi connectivity index (χ4v) is 3.92. The van der Waals surface area contributed by atoms with Crippen LogP contribution in [-0.4, -0.2) is 15.9 Å². The fourth-order valence-electron chi connectivity index (χ4n) is 3.92. The maximum absolute atomic E-state index is 14.6. The number of hydrogen-bond acceptors (Lipinski definition) is 5. The van der Waals surface area contributed by atoms with Crippen molar-refractivity contribution in [3.8, 4) is 17.2 Å². The first-order valence-corrected chi connectivity index (χ1v) is 10.1. The van der Waals surface area contributed by atoms with Crippen LogP contribution in [0.2, 0.25) is 0 Å². The Labute approximate surface area is 179 Å². The van der Waals surface area contributed by atoms with Gasteiger partial charge in [-0.3, -0.25) is 9.78 Å². The first-order valence-electron chi connectivity index (χ1n) is 10.1. The number of amides is 1. The van der Waals surface area contributed by atoms with Gasteiger partial charge in [0.05, 0.1) is 6.07 Å². The summed E-state index contributed by atoms with van der Waals surface area (Å²) < 4.78 is 14.6. The number of nitrogens with zero attached hydrogens (tertiary/aromatic N) is 3. The van der Waals surface area contributed by atoms with E-state index in [2.05, 4.69) is 21.4 Å². The summed E-state index contributed by atoms with van der Waals surface area (Å²) >= 11 is 0. The van der Waals surface area contributed by atoms with E-state index in [0.717, 1.165) is 27.5 Å². The number of nitrogen functional groups attached to an aromatic ring is 1. The molecule has 2 aromatic heterocycles. The van der Waals surface area contributed by atoms with E-state index in [0.29, 0.717) is 36.9 Å². The SMILES string of the molecule is Cc1ccncc1-c1cc(N)c2cnc(NC(=O)C(F)=C3CCC(C#N)CC3)cc2c1. The number of carbonyl (C=O) groups is 1. The second-order valence-corrected chi connectivity index (χ2v) is 7.82. The van der Waals surface area contributed by atoms with E-state index < -0.39 is 11.7 Å². The van der Waals surface area contributed by atoms with Gasteiger partial charge >= 0.3 is 0 Å². The van der Waals surface area contributed by atoms with Crippen molar-refractivity contribution in [1.82, 2.24) is 9.97 Å². The largest absolute Gasteiger partial charge is 0.398 e. The quantitative estimate of drug-likeness (QED) is 0.459. The Morgan fingerprint density at radius 3 is 2.74 bits per heavy atom. The smallest absolute Gasteiger partial charge is 0.285 e. The molecule has 3 aromatic rings. The number of carbonyl (C=O) groups excluding carboxylic acids is 1. The van der Waals surface area contributed by atoms with Crippen molar-refractivity contribution in [1.29, 1.82) is 5.26 Å². The zero-order valence-electron chi connectivity index (χ0n) is 17.2. The van der Waals surface area contributed by atoms with Gasteiger partial charge in [-0.15, -0.1) is 0 Å². The zero-order chi connectivity index (χ0) is 22.0. The average Bonchev–Trinajstić information content (AvgIpc) is 2.78. The Kier molecular flexibility index (Phi) is 5.63. The number of nitrogens with one attached hydrogen (secondary N) is 1. The van der Waals surface area contributed by atoms with Gasteiger partial charge in [0.15, 0.2) is 5.83 Å². The number of aromatic nitrogens is 2. The molecule has 0 atom stereocenters. The topological polar surface area (TPSA) is 105 Å². The molecule has 1 saturated carbocycles. The van der Waals surface area contributed by atoms with Crippen LogP contribution in [0.15, 0.2) is 54.3 Å². The van der Waals surface area contributed by atoms with Crippen molar-refractivity contribution in [3.63, 3.8) is 0 Å². The minimum absolute atomic E-state index is 0.0649. The molecule has 156 valence electrons. The molecule has 0 spiro atoms. The average molecular weight is 415 g/mol. The third kappa shape index (κ3) is 4.24. The summed E-state index contributed by atoms with van der Waals surface area (Å²) in [6, 6.07) is 9.63. The summed E-state index contributed by atoms with van der Waals surface area (Å²) in [6.07, 6.45) is 7.09. The van der Waals surface area contributed by atoms with Crippen LogP contribution in [0.1, 0.15) is 31.2 Å². The Balaban J connectivity index is 1.61. The Hall–Kier alpha value is -3.79. The van der Waals surface area contributed by atoms with Crippen molar-refractivity contribution in [3.05, 3.63) is 59.8 Å². The summed E-state index contributed by atoms with van der Waals surface area (Å²) in [5, 5.41) is 13.0. The molecule has 0 bridgehead atoms. The highest BCUT2D eigenvalue weighted by Crippen LogP contribution is 2.32. The molecule has 0 aliphatic heterocycles. The van der Waals surface area contributed by atoms with Crippen LogP contribution in [0, 0.1) is 24.2 Å². The number of pyridine rings is 2. The second kappa shape index (κ2) is 8.52. The van der Waals surface area contributed by atoms with Gasteiger partial charge < -0.3 is 11.1 Å². The van der Waals surface area contributed by atoms with Crippen LogP contribution in [0.3, 0.4) is 0 Å². The molecule has 1 fully saturated rings. The Morgan fingerprint density at radius 1 is 1.26 bits per heavy atom. The first kappa shape index (κ1) is 20.5. The van der Waals surface area contributed by atoms with Crippen LogP contribution in [0.5, 0.6) is 0 Å². The maximum Gasteiger partial charge on any atom is 0.285 e. The van der Waals surface area contributed by atoms with Crippen LogP contribution in [0.4, 0.5) is 15.9 Å². The molecule has 3 N–H and O–H groups in total. The Morgan fingerprint density at radius 2 is 2.03 bits per heavy atom. The van der Waals surface area contributed by atoms with Crippen LogP contribution in [-0.2, 0) is 4.79 Å². The number of nitrogens with two attached hydrogens (primary N) is 1. The van der Waals surface area contributed by atoms with Gasteiger partial charge in [-0.1, -0.05) is 0 Å². The molecule has 0 saturated heterocycles. The van der Waals surface area contributed by atoms with Crippen LogP contribution in [0.25, 0.3) is 21.9 Å². The molecule has 6 nitrogen and oxygen atoms in total. The van der Waals surface area contributed by atoms with Crippen molar-refractivity contribution in [2.75, 3.05) is 11.1 Å². The third-order valence-electron chi connectivity index (χ3n) is 5.74. The molecule has 1 amide bonds. The third-order valence-corrected chi connectivity index (χ3v) is 5.74. The lowest BCUT2D eigenvalue weighted by Gasteiger charge is -2.18. The first-order chi connectivity index (χ1) is 15.0. The monoisotopic (exact) mass is 415 g/mol. The predicted octanol–water partition coefficient (Wildman–Crippen LogP) is 5.06. The highest BCUT2D eigenvalue weighted by molar-refractivity contribution is 6.04. The molecular weight excluding hydrogens is 393 g/mol. The molecule has 1 aromatic carbocycles. The number of anilines is 2. The van der Waals surface area contributed by atoms with Gasteiger partial charge in [0.2, 0.25) is 0 Å². The van der Waals surface area contributed by atoms with E-state index in [-0.39, 0.29) is 11.7 Å². The number of halogens is 1.